The van der Waals surface area contributed by atoms with Gasteiger partial charge in [0.25, 0.3) is 0 Å². The zero-order valence-electron chi connectivity index (χ0n) is 8.75. The Balaban J connectivity index is 2.19. The first kappa shape index (κ1) is 9.19. The molecule has 0 amide bonds. The molecule has 80 valence electrons. The molecule has 0 aromatic heterocycles. The van der Waals surface area contributed by atoms with E-state index in [1.165, 1.54) is 5.56 Å². The summed E-state index contributed by atoms with van der Waals surface area (Å²) in [6.45, 7) is 1.26. The molecule has 0 spiro atoms. The SMILES string of the molecule is COc1ccc2c(c1C1(O)CC1)COC2. The van der Waals surface area contributed by atoms with Crippen LogP contribution in [0.2, 0.25) is 0 Å². The minimum atomic E-state index is -0.648. The third-order valence-corrected chi connectivity index (χ3v) is 3.28. The Hall–Kier alpha value is -1.06. The van der Waals surface area contributed by atoms with Crippen molar-refractivity contribution in [1.82, 2.24) is 0 Å². The molecule has 0 atom stereocenters. The second-order valence-corrected chi connectivity index (χ2v) is 4.30. The maximum atomic E-state index is 10.2. The minimum absolute atomic E-state index is 0.601. The first-order valence-electron chi connectivity index (χ1n) is 5.24. The summed E-state index contributed by atoms with van der Waals surface area (Å²) in [7, 11) is 1.65. The van der Waals surface area contributed by atoms with Crippen molar-refractivity contribution in [2.24, 2.45) is 0 Å². The number of benzene rings is 1. The summed E-state index contributed by atoms with van der Waals surface area (Å²) in [4.78, 5) is 0. The number of methoxy groups -OCH3 is 1. The van der Waals surface area contributed by atoms with E-state index in [1.807, 2.05) is 12.1 Å². The maximum absolute atomic E-state index is 10.2. The van der Waals surface area contributed by atoms with Crippen molar-refractivity contribution in [3.8, 4) is 5.75 Å². The predicted octanol–water partition coefficient (Wildman–Crippen LogP) is 1.71. The molecular weight excluding hydrogens is 192 g/mol. The largest absolute Gasteiger partial charge is 0.496 e. The second kappa shape index (κ2) is 2.97. The summed E-state index contributed by atoms with van der Waals surface area (Å²) in [6.07, 6.45) is 1.67. The lowest BCUT2D eigenvalue weighted by Crippen LogP contribution is -2.10. The summed E-state index contributed by atoms with van der Waals surface area (Å²) in [5.74, 6) is 0.791. The molecule has 1 N–H and O–H groups in total. The lowest BCUT2D eigenvalue weighted by atomic mass is 9.96. The first-order chi connectivity index (χ1) is 7.24. The van der Waals surface area contributed by atoms with Gasteiger partial charge in [-0.15, -0.1) is 0 Å². The van der Waals surface area contributed by atoms with Crippen molar-refractivity contribution < 1.29 is 14.6 Å². The van der Waals surface area contributed by atoms with E-state index in [-0.39, 0.29) is 0 Å². The highest BCUT2D eigenvalue weighted by Crippen LogP contribution is 2.51. The normalized spacial score (nSPS) is 21.2. The minimum Gasteiger partial charge on any atom is -0.496 e. The van der Waals surface area contributed by atoms with Crippen LogP contribution in [-0.2, 0) is 23.6 Å². The smallest absolute Gasteiger partial charge is 0.125 e. The standard InChI is InChI=1S/C12H14O3/c1-14-10-3-2-8-6-15-7-9(8)11(10)12(13)4-5-12/h2-3,13H,4-7H2,1H3. The summed E-state index contributed by atoms with van der Waals surface area (Å²) < 4.78 is 10.7. The van der Waals surface area contributed by atoms with Gasteiger partial charge in [-0.2, -0.15) is 0 Å². The van der Waals surface area contributed by atoms with Crippen LogP contribution in [0.4, 0.5) is 0 Å². The molecular formula is C12H14O3. The summed E-state index contributed by atoms with van der Waals surface area (Å²) >= 11 is 0. The van der Waals surface area contributed by atoms with E-state index in [0.29, 0.717) is 13.2 Å². The molecule has 0 radical (unpaired) electrons. The number of aliphatic hydroxyl groups is 1. The summed E-state index contributed by atoms with van der Waals surface area (Å²) in [5, 5.41) is 10.2. The Morgan fingerprint density at radius 2 is 2.13 bits per heavy atom. The van der Waals surface area contributed by atoms with Crippen molar-refractivity contribution in [2.75, 3.05) is 7.11 Å². The Bertz CT molecular complexity index is 408. The van der Waals surface area contributed by atoms with E-state index in [4.69, 9.17) is 9.47 Å². The molecule has 1 saturated carbocycles. The maximum Gasteiger partial charge on any atom is 0.125 e. The molecule has 15 heavy (non-hydrogen) atoms. The molecule has 3 heteroatoms. The van der Waals surface area contributed by atoms with Gasteiger partial charge in [-0.1, -0.05) is 6.07 Å². The molecule has 0 bridgehead atoms. The van der Waals surface area contributed by atoms with Crippen LogP contribution in [0.15, 0.2) is 12.1 Å². The highest BCUT2D eigenvalue weighted by Gasteiger charge is 2.46. The van der Waals surface area contributed by atoms with Gasteiger partial charge in [-0.05, 0) is 30.0 Å². The van der Waals surface area contributed by atoms with Crippen LogP contribution in [0.3, 0.4) is 0 Å². The van der Waals surface area contributed by atoms with Gasteiger partial charge in [-0.25, -0.2) is 0 Å². The van der Waals surface area contributed by atoms with Crippen LogP contribution in [0.1, 0.15) is 29.5 Å². The van der Waals surface area contributed by atoms with E-state index >= 15 is 0 Å². The van der Waals surface area contributed by atoms with E-state index in [9.17, 15) is 5.11 Å². The van der Waals surface area contributed by atoms with E-state index in [2.05, 4.69) is 0 Å². The fraction of sp³-hybridized carbons (Fsp3) is 0.500. The highest BCUT2D eigenvalue weighted by atomic mass is 16.5. The third-order valence-electron chi connectivity index (χ3n) is 3.28. The number of rotatable bonds is 2. The molecule has 1 aromatic carbocycles. The molecule has 0 unspecified atom stereocenters. The van der Waals surface area contributed by atoms with Gasteiger partial charge in [0, 0.05) is 5.56 Å². The van der Waals surface area contributed by atoms with Crippen molar-refractivity contribution >= 4 is 0 Å². The van der Waals surface area contributed by atoms with Crippen molar-refractivity contribution in [3.63, 3.8) is 0 Å². The molecule has 1 aliphatic carbocycles. The van der Waals surface area contributed by atoms with Crippen molar-refractivity contribution in [3.05, 3.63) is 28.8 Å². The Labute approximate surface area is 88.6 Å². The summed E-state index contributed by atoms with van der Waals surface area (Å²) in [5.41, 5.74) is 2.63. The molecule has 2 aliphatic rings. The third kappa shape index (κ3) is 1.27. The molecule has 1 fully saturated rings. The summed E-state index contributed by atoms with van der Waals surface area (Å²) in [6, 6.07) is 3.95. The topological polar surface area (TPSA) is 38.7 Å². The van der Waals surface area contributed by atoms with Gasteiger partial charge in [-0.3, -0.25) is 0 Å². The number of hydrogen-bond donors (Lipinski definition) is 1. The van der Waals surface area contributed by atoms with Gasteiger partial charge in [0.1, 0.15) is 5.75 Å². The van der Waals surface area contributed by atoms with E-state index in [1.54, 1.807) is 7.11 Å². The zero-order chi connectivity index (χ0) is 10.5. The quantitative estimate of drug-likeness (QED) is 0.800. The molecule has 1 aliphatic heterocycles. The molecule has 1 aromatic rings. The number of ether oxygens (including phenoxy) is 2. The average molecular weight is 206 g/mol. The fourth-order valence-electron chi connectivity index (χ4n) is 2.28. The Morgan fingerprint density at radius 3 is 2.80 bits per heavy atom. The van der Waals surface area contributed by atoms with Crippen LogP contribution in [0, 0.1) is 0 Å². The molecule has 1 heterocycles. The molecule has 3 rings (SSSR count). The monoisotopic (exact) mass is 206 g/mol. The lowest BCUT2D eigenvalue weighted by molar-refractivity contribution is 0.125. The highest BCUT2D eigenvalue weighted by molar-refractivity contribution is 5.51. The Kier molecular flexibility index (Phi) is 1.82. The number of fused-ring (bicyclic) bond motifs is 1. The van der Waals surface area contributed by atoms with Crippen LogP contribution in [-0.4, -0.2) is 12.2 Å². The first-order valence-corrected chi connectivity index (χ1v) is 5.24. The molecule has 3 nitrogen and oxygen atoms in total. The molecule has 0 saturated heterocycles. The van der Waals surface area contributed by atoms with Crippen molar-refractivity contribution in [1.29, 1.82) is 0 Å². The zero-order valence-corrected chi connectivity index (χ0v) is 8.75. The lowest BCUT2D eigenvalue weighted by Gasteiger charge is -2.17. The van der Waals surface area contributed by atoms with Gasteiger partial charge in [0.15, 0.2) is 0 Å². The van der Waals surface area contributed by atoms with Gasteiger partial charge in [0.05, 0.1) is 25.9 Å². The fourth-order valence-corrected chi connectivity index (χ4v) is 2.28. The van der Waals surface area contributed by atoms with Crippen molar-refractivity contribution in [2.45, 2.75) is 31.7 Å². The van der Waals surface area contributed by atoms with Crippen LogP contribution >= 0.6 is 0 Å². The second-order valence-electron chi connectivity index (χ2n) is 4.30. The van der Waals surface area contributed by atoms with Crippen LogP contribution in [0.5, 0.6) is 5.75 Å². The van der Waals surface area contributed by atoms with Crippen LogP contribution in [0.25, 0.3) is 0 Å². The van der Waals surface area contributed by atoms with Gasteiger partial charge < -0.3 is 14.6 Å². The van der Waals surface area contributed by atoms with Gasteiger partial charge in [0.2, 0.25) is 0 Å². The number of hydrogen-bond acceptors (Lipinski definition) is 3. The Morgan fingerprint density at radius 1 is 1.33 bits per heavy atom. The van der Waals surface area contributed by atoms with Gasteiger partial charge >= 0.3 is 0 Å². The van der Waals surface area contributed by atoms with Crippen LogP contribution < -0.4 is 4.74 Å². The average Bonchev–Trinajstić information content (AvgIpc) is 2.82. The van der Waals surface area contributed by atoms with E-state index in [0.717, 1.165) is 29.7 Å². The predicted molar refractivity (Wildman–Crippen MR) is 54.6 cm³/mol. The van der Waals surface area contributed by atoms with E-state index < -0.39 is 5.60 Å².